The van der Waals surface area contributed by atoms with Gasteiger partial charge in [0.2, 0.25) is 0 Å². The van der Waals surface area contributed by atoms with Gasteiger partial charge in [0.05, 0.1) is 0 Å². The molecule has 1 N–H and O–H groups in total. The lowest BCUT2D eigenvalue weighted by Crippen LogP contribution is -2.36. The van der Waals surface area contributed by atoms with Crippen LogP contribution in [0.4, 0.5) is 0 Å². The van der Waals surface area contributed by atoms with E-state index in [-0.39, 0.29) is 0 Å². The predicted octanol–water partition coefficient (Wildman–Crippen LogP) is 3.22. The number of ether oxygens (including phenoxy) is 1. The van der Waals surface area contributed by atoms with E-state index in [1.807, 2.05) is 0 Å². The SMILES string of the molecule is CC(C)COCCC(C)(CNC1CC1)C1CC1. The van der Waals surface area contributed by atoms with Crippen LogP contribution in [0.2, 0.25) is 0 Å². The summed E-state index contributed by atoms with van der Waals surface area (Å²) in [6, 6.07) is 0.838. The summed E-state index contributed by atoms with van der Waals surface area (Å²) in [5.41, 5.74) is 0.486. The molecule has 0 heterocycles. The number of hydrogen-bond donors (Lipinski definition) is 1. The zero-order chi connectivity index (χ0) is 12.3. The van der Waals surface area contributed by atoms with Crippen molar-refractivity contribution in [1.82, 2.24) is 5.32 Å². The van der Waals surface area contributed by atoms with Gasteiger partial charge in [-0.3, -0.25) is 0 Å². The molecule has 0 aromatic carbocycles. The van der Waals surface area contributed by atoms with Crippen molar-refractivity contribution >= 4 is 0 Å². The molecule has 1 unspecified atom stereocenters. The summed E-state index contributed by atoms with van der Waals surface area (Å²) in [5, 5.41) is 3.71. The largest absolute Gasteiger partial charge is 0.381 e. The summed E-state index contributed by atoms with van der Waals surface area (Å²) >= 11 is 0. The maximum Gasteiger partial charge on any atom is 0.0488 e. The third-order valence-corrected chi connectivity index (χ3v) is 4.20. The van der Waals surface area contributed by atoms with Crippen molar-refractivity contribution in [3.63, 3.8) is 0 Å². The molecule has 0 spiro atoms. The average Bonchev–Trinajstić information content (AvgIpc) is 3.15. The fourth-order valence-electron chi connectivity index (χ4n) is 2.51. The molecule has 0 radical (unpaired) electrons. The molecule has 1 atom stereocenters. The third-order valence-electron chi connectivity index (χ3n) is 4.20. The second kappa shape index (κ2) is 5.71. The molecule has 0 aromatic rings. The molecular formula is C15H29NO. The zero-order valence-electron chi connectivity index (χ0n) is 11.8. The minimum Gasteiger partial charge on any atom is -0.381 e. The van der Waals surface area contributed by atoms with Crippen molar-refractivity contribution < 1.29 is 4.74 Å². The summed E-state index contributed by atoms with van der Waals surface area (Å²) in [6.07, 6.45) is 6.89. The van der Waals surface area contributed by atoms with Gasteiger partial charge in [-0.2, -0.15) is 0 Å². The molecule has 0 aliphatic heterocycles. The van der Waals surface area contributed by atoms with Crippen LogP contribution in [0.5, 0.6) is 0 Å². The van der Waals surface area contributed by atoms with Crippen molar-refractivity contribution in [1.29, 1.82) is 0 Å². The number of nitrogens with one attached hydrogen (secondary N) is 1. The van der Waals surface area contributed by atoms with Crippen LogP contribution in [0.25, 0.3) is 0 Å². The highest BCUT2D eigenvalue weighted by molar-refractivity contribution is 4.94. The number of hydrogen-bond acceptors (Lipinski definition) is 2. The highest BCUT2D eigenvalue weighted by atomic mass is 16.5. The Morgan fingerprint density at radius 2 is 1.94 bits per heavy atom. The monoisotopic (exact) mass is 239 g/mol. The summed E-state index contributed by atoms with van der Waals surface area (Å²) in [4.78, 5) is 0. The smallest absolute Gasteiger partial charge is 0.0488 e. The van der Waals surface area contributed by atoms with Gasteiger partial charge in [-0.05, 0) is 49.4 Å². The lowest BCUT2D eigenvalue weighted by Gasteiger charge is -2.30. The Hall–Kier alpha value is -0.0800. The topological polar surface area (TPSA) is 21.3 Å². The lowest BCUT2D eigenvalue weighted by molar-refractivity contribution is 0.0734. The molecule has 2 rings (SSSR count). The maximum absolute atomic E-state index is 5.76. The van der Waals surface area contributed by atoms with E-state index < -0.39 is 0 Å². The summed E-state index contributed by atoms with van der Waals surface area (Å²) in [6.45, 7) is 9.95. The first-order valence-corrected chi connectivity index (χ1v) is 7.41. The maximum atomic E-state index is 5.76. The zero-order valence-corrected chi connectivity index (χ0v) is 11.8. The summed E-state index contributed by atoms with van der Waals surface area (Å²) in [7, 11) is 0. The standard InChI is InChI=1S/C15H29NO/c1-12(2)10-17-9-8-15(3,13-4-5-13)11-16-14-6-7-14/h12-14,16H,4-11H2,1-3H3. The first-order valence-electron chi connectivity index (χ1n) is 7.41. The second-order valence-electron chi connectivity index (χ2n) is 6.80. The van der Waals surface area contributed by atoms with E-state index in [1.165, 1.54) is 38.6 Å². The van der Waals surface area contributed by atoms with E-state index in [2.05, 4.69) is 26.1 Å². The van der Waals surface area contributed by atoms with E-state index in [1.54, 1.807) is 0 Å². The second-order valence-corrected chi connectivity index (χ2v) is 6.80. The first-order chi connectivity index (χ1) is 8.10. The van der Waals surface area contributed by atoms with E-state index in [4.69, 9.17) is 4.74 Å². The first kappa shape index (κ1) is 13.4. The van der Waals surface area contributed by atoms with Crippen LogP contribution >= 0.6 is 0 Å². The van der Waals surface area contributed by atoms with Crippen molar-refractivity contribution in [2.45, 2.75) is 58.9 Å². The van der Waals surface area contributed by atoms with Crippen molar-refractivity contribution in [3.8, 4) is 0 Å². The highest BCUT2D eigenvalue weighted by Gasteiger charge is 2.41. The van der Waals surface area contributed by atoms with Gasteiger partial charge in [0.1, 0.15) is 0 Å². The molecule has 0 saturated heterocycles. The minimum absolute atomic E-state index is 0.486. The third kappa shape index (κ3) is 4.59. The van der Waals surface area contributed by atoms with Gasteiger partial charge in [0, 0.05) is 25.8 Å². The van der Waals surface area contributed by atoms with Gasteiger partial charge in [0.15, 0.2) is 0 Å². The molecule has 2 nitrogen and oxygen atoms in total. The van der Waals surface area contributed by atoms with Gasteiger partial charge in [-0.15, -0.1) is 0 Å². The molecule has 2 fully saturated rings. The van der Waals surface area contributed by atoms with Gasteiger partial charge in [-0.25, -0.2) is 0 Å². The molecule has 0 amide bonds. The molecule has 0 aromatic heterocycles. The normalized spacial score (nSPS) is 24.0. The fraction of sp³-hybridized carbons (Fsp3) is 1.00. The van der Waals surface area contributed by atoms with Gasteiger partial charge in [0.25, 0.3) is 0 Å². The lowest BCUT2D eigenvalue weighted by atomic mass is 9.81. The van der Waals surface area contributed by atoms with Gasteiger partial charge < -0.3 is 10.1 Å². The fourth-order valence-corrected chi connectivity index (χ4v) is 2.51. The van der Waals surface area contributed by atoms with E-state index in [9.17, 15) is 0 Å². The van der Waals surface area contributed by atoms with Crippen LogP contribution in [-0.2, 0) is 4.74 Å². The van der Waals surface area contributed by atoms with Crippen molar-refractivity contribution in [2.24, 2.45) is 17.3 Å². The van der Waals surface area contributed by atoms with Crippen LogP contribution < -0.4 is 5.32 Å². The quantitative estimate of drug-likeness (QED) is 0.624. The van der Waals surface area contributed by atoms with Gasteiger partial charge >= 0.3 is 0 Å². The molecule has 17 heavy (non-hydrogen) atoms. The molecular weight excluding hydrogens is 210 g/mol. The predicted molar refractivity (Wildman–Crippen MR) is 72.1 cm³/mol. The van der Waals surface area contributed by atoms with E-state index >= 15 is 0 Å². The molecule has 2 aliphatic carbocycles. The Morgan fingerprint density at radius 3 is 2.47 bits per heavy atom. The Balaban J connectivity index is 1.67. The molecule has 2 saturated carbocycles. The Bertz CT molecular complexity index is 233. The number of rotatable bonds is 9. The van der Waals surface area contributed by atoms with Gasteiger partial charge in [-0.1, -0.05) is 20.8 Å². The van der Waals surface area contributed by atoms with Crippen molar-refractivity contribution in [3.05, 3.63) is 0 Å². The molecule has 0 bridgehead atoms. The van der Waals surface area contributed by atoms with Crippen molar-refractivity contribution in [2.75, 3.05) is 19.8 Å². The summed E-state index contributed by atoms with van der Waals surface area (Å²) < 4.78 is 5.76. The van der Waals surface area contributed by atoms with Crippen LogP contribution in [0.1, 0.15) is 52.9 Å². The Kier molecular flexibility index (Phi) is 4.48. The molecule has 2 aliphatic rings. The summed E-state index contributed by atoms with van der Waals surface area (Å²) in [5.74, 6) is 1.61. The Labute approximate surface area is 107 Å². The molecule has 100 valence electrons. The van der Waals surface area contributed by atoms with E-state index in [0.29, 0.717) is 11.3 Å². The van der Waals surface area contributed by atoms with Crippen LogP contribution in [0.15, 0.2) is 0 Å². The minimum atomic E-state index is 0.486. The average molecular weight is 239 g/mol. The van der Waals surface area contributed by atoms with Crippen LogP contribution in [0, 0.1) is 17.3 Å². The van der Waals surface area contributed by atoms with Crippen LogP contribution in [-0.4, -0.2) is 25.8 Å². The van der Waals surface area contributed by atoms with Crippen LogP contribution in [0.3, 0.4) is 0 Å². The highest BCUT2D eigenvalue weighted by Crippen LogP contribution is 2.47. The molecule has 2 heteroatoms. The van der Waals surface area contributed by atoms with E-state index in [0.717, 1.165) is 25.2 Å². The Morgan fingerprint density at radius 1 is 1.24 bits per heavy atom.